The second kappa shape index (κ2) is 11.2. The maximum atomic E-state index is 11.6. The van der Waals surface area contributed by atoms with Crippen molar-refractivity contribution in [2.24, 2.45) is 5.92 Å². The second-order valence-corrected chi connectivity index (χ2v) is 7.53. The van der Waals surface area contributed by atoms with Crippen LogP contribution >= 0.6 is 0 Å². The summed E-state index contributed by atoms with van der Waals surface area (Å²) in [5.74, 6) is -1.16. The summed E-state index contributed by atoms with van der Waals surface area (Å²) in [7, 11) is 0. The molecule has 0 aliphatic rings. The topological polar surface area (TPSA) is 95.9 Å². The highest BCUT2D eigenvalue weighted by Gasteiger charge is 2.26. The Labute approximate surface area is 171 Å². The number of nitrogens with one attached hydrogen (secondary N) is 1. The predicted octanol–water partition coefficient (Wildman–Crippen LogP) is 3.74. The zero-order chi connectivity index (χ0) is 21.2. The van der Waals surface area contributed by atoms with Gasteiger partial charge in [0.15, 0.2) is 0 Å². The van der Waals surface area contributed by atoms with E-state index < -0.39 is 24.0 Å². The lowest BCUT2D eigenvalue weighted by Gasteiger charge is -2.21. The molecule has 2 rings (SSSR count). The highest BCUT2D eigenvalue weighted by Crippen LogP contribution is 2.16. The molecule has 0 saturated heterocycles. The second-order valence-electron chi connectivity index (χ2n) is 7.53. The Morgan fingerprint density at radius 3 is 2.07 bits per heavy atom. The molecule has 0 heterocycles. The van der Waals surface area contributed by atoms with E-state index in [1.165, 1.54) is 0 Å². The average molecular weight is 399 g/mol. The minimum atomic E-state index is -1.04. The molecule has 2 atom stereocenters. The van der Waals surface area contributed by atoms with E-state index in [2.05, 4.69) is 5.32 Å². The van der Waals surface area contributed by atoms with Crippen LogP contribution in [0.5, 0.6) is 5.75 Å². The lowest BCUT2D eigenvalue weighted by atomic mass is 10.0. The first-order chi connectivity index (χ1) is 13.8. The Hall–Kier alpha value is -2.86. The van der Waals surface area contributed by atoms with Gasteiger partial charge in [0.05, 0.1) is 0 Å². The van der Waals surface area contributed by atoms with Gasteiger partial charge < -0.3 is 14.9 Å². The smallest absolute Gasteiger partial charge is 0.320 e. The molecular weight excluding hydrogens is 370 g/mol. The van der Waals surface area contributed by atoms with E-state index in [9.17, 15) is 19.8 Å². The van der Waals surface area contributed by atoms with E-state index in [0.29, 0.717) is 25.9 Å². The molecule has 29 heavy (non-hydrogen) atoms. The van der Waals surface area contributed by atoms with E-state index >= 15 is 0 Å². The van der Waals surface area contributed by atoms with E-state index in [1.54, 1.807) is 0 Å². The summed E-state index contributed by atoms with van der Waals surface area (Å²) in [6.07, 6.45) is 1.21. The van der Waals surface area contributed by atoms with Gasteiger partial charge in [0.2, 0.25) is 0 Å². The van der Waals surface area contributed by atoms with E-state index in [1.807, 2.05) is 68.4 Å². The van der Waals surface area contributed by atoms with E-state index in [-0.39, 0.29) is 5.92 Å². The van der Waals surface area contributed by atoms with Gasteiger partial charge in [-0.1, -0.05) is 56.3 Å². The summed E-state index contributed by atoms with van der Waals surface area (Å²) in [6, 6.07) is 15.6. The number of aryl methyl sites for hydroxylation is 1. The van der Waals surface area contributed by atoms with Crippen molar-refractivity contribution < 1.29 is 24.5 Å². The summed E-state index contributed by atoms with van der Waals surface area (Å²) in [5.41, 5.74) is 2.06. The summed E-state index contributed by atoms with van der Waals surface area (Å²) in [6.45, 7) is 4.31. The number of carboxylic acid groups (broad SMARTS) is 2. The fourth-order valence-electron chi connectivity index (χ4n) is 3.04. The molecule has 0 aromatic heterocycles. The molecule has 2 aromatic rings. The molecule has 0 saturated carbocycles. The molecule has 0 radical (unpaired) electrons. The van der Waals surface area contributed by atoms with Crippen molar-refractivity contribution in [1.29, 1.82) is 0 Å². The van der Waals surface area contributed by atoms with Crippen molar-refractivity contribution in [3.63, 3.8) is 0 Å². The van der Waals surface area contributed by atoms with Crippen molar-refractivity contribution in [3.8, 4) is 5.75 Å². The Bertz CT molecular complexity index is 774. The van der Waals surface area contributed by atoms with Crippen molar-refractivity contribution in [2.75, 3.05) is 0 Å². The Morgan fingerprint density at radius 2 is 1.52 bits per heavy atom. The minimum Gasteiger partial charge on any atom is -0.489 e. The van der Waals surface area contributed by atoms with Crippen LogP contribution in [0.2, 0.25) is 0 Å². The first-order valence-electron chi connectivity index (χ1n) is 9.82. The van der Waals surface area contributed by atoms with E-state index in [4.69, 9.17) is 4.74 Å². The number of rotatable bonds is 12. The monoisotopic (exact) mass is 399 g/mol. The zero-order valence-electron chi connectivity index (χ0n) is 16.9. The molecule has 1 unspecified atom stereocenters. The summed E-state index contributed by atoms with van der Waals surface area (Å²) in [5, 5.41) is 21.6. The quantitative estimate of drug-likeness (QED) is 0.503. The van der Waals surface area contributed by atoms with Crippen LogP contribution in [0.25, 0.3) is 0 Å². The van der Waals surface area contributed by atoms with Gasteiger partial charge in [-0.2, -0.15) is 0 Å². The van der Waals surface area contributed by atoms with Crippen LogP contribution in [0, 0.1) is 5.92 Å². The lowest BCUT2D eigenvalue weighted by Crippen LogP contribution is -2.47. The molecule has 6 nitrogen and oxygen atoms in total. The molecule has 0 fully saturated rings. The molecule has 2 aromatic carbocycles. The Kier molecular flexibility index (Phi) is 8.68. The molecule has 6 heteroatoms. The minimum absolute atomic E-state index is 0.154. The van der Waals surface area contributed by atoms with Gasteiger partial charge >= 0.3 is 11.9 Å². The van der Waals surface area contributed by atoms with Crippen molar-refractivity contribution in [1.82, 2.24) is 5.32 Å². The van der Waals surface area contributed by atoms with Gasteiger partial charge in [0.25, 0.3) is 0 Å². The number of hydrogen-bond acceptors (Lipinski definition) is 4. The van der Waals surface area contributed by atoms with Gasteiger partial charge in [0.1, 0.15) is 24.4 Å². The molecule has 0 spiro atoms. The fraction of sp³-hybridized carbons (Fsp3) is 0.391. The number of ether oxygens (including phenoxy) is 1. The Balaban J connectivity index is 1.88. The third kappa shape index (κ3) is 7.95. The normalized spacial score (nSPS) is 13.1. The largest absolute Gasteiger partial charge is 0.489 e. The summed E-state index contributed by atoms with van der Waals surface area (Å²) in [4.78, 5) is 23.0. The van der Waals surface area contributed by atoms with Crippen LogP contribution in [0.4, 0.5) is 0 Å². The zero-order valence-corrected chi connectivity index (χ0v) is 16.9. The van der Waals surface area contributed by atoms with Crippen LogP contribution < -0.4 is 10.1 Å². The highest BCUT2D eigenvalue weighted by atomic mass is 16.5. The number of hydrogen-bond donors (Lipinski definition) is 3. The molecule has 156 valence electrons. The van der Waals surface area contributed by atoms with Crippen molar-refractivity contribution in [2.45, 2.75) is 51.8 Å². The van der Waals surface area contributed by atoms with Crippen molar-refractivity contribution >= 4 is 11.9 Å². The summed E-state index contributed by atoms with van der Waals surface area (Å²) < 4.78 is 5.76. The summed E-state index contributed by atoms with van der Waals surface area (Å²) >= 11 is 0. The molecule has 0 bridgehead atoms. The molecule has 0 aliphatic heterocycles. The fourth-order valence-corrected chi connectivity index (χ4v) is 3.04. The van der Waals surface area contributed by atoms with Gasteiger partial charge in [-0.15, -0.1) is 0 Å². The van der Waals surface area contributed by atoms with Gasteiger partial charge in [-0.25, -0.2) is 0 Å². The van der Waals surface area contributed by atoms with Gasteiger partial charge in [0, 0.05) is 0 Å². The number of carbonyl (C=O) groups is 2. The molecule has 0 amide bonds. The van der Waals surface area contributed by atoms with Gasteiger partial charge in [-0.3, -0.25) is 14.9 Å². The molecule has 0 aliphatic carbocycles. The predicted molar refractivity (Wildman–Crippen MR) is 111 cm³/mol. The van der Waals surface area contributed by atoms with Gasteiger partial charge in [-0.05, 0) is 48.4 Å². The SMILES string of the molecule is CC(C)C[C@H](NC(CCc1ccc(OCc2ccccc2)cc1)C(=O)O)C(=O)O. The highest BCUT2D eigenvalue weighted by molar-refractivity contribution is 5.77. The van der Waals surface area contributed by atoms with Crippen LogP contribution in [-0.4, -0.2) is 34.2 Å². The number of aliphatic carboxylic acids is 2. The maximum absolute atomic E-state index is 11.6. The third-order valence-electron chi connectivity index (χ3n) is 4.60. The first kappa shape index (κ1) is 22.4. The average Bonchev–Trinajstić information content (AvgIpc) is 2.69. The maximum Gasteiger partial charge on any atom is 0.320 e. The van der Waals surface area contributed by atoms with E-state index in [0.717, 1.165) is 16.9 Å². The third-order valence-corrected chi connectivity index (χ3v) is 4.60. The van der Waals surface area contributed by atoms with Crippen LogP contribution in [0.3, 0.4) is 0 Å². The van der Waals surface area contributed by atoms with Crippen molar-refractivity contribution in [3.05, 3.63) is 65.7 Å². The standard InChI is InChI=1S/C23H29NO5/c1-16(2)14-21(23(27)28)24-20(22(25)26)13-10-17-8-11-19(12-9-17)29-15-18-6-4-3-5-7-18/h3-9,11-12,16,20-21,24H,10,13-15H2,1-2H3,(H,25,26)(H,27,28)/t20?,21-/m0/s1. The first-order valence-corrected chi connectivity index (χ1v) is 9.82. The van der Waals surface area contributed by atoms with Crippen LogP contribution in [-0.2, 0) is 22.6 Å². The molecule has 3 N–H and O–H groups in total. The van der Waals surface area contributed by atoms with Crippen LogP contribution in [0.15, 0.2) is 54.6 Å². The number of benzene rings is 2. The van der Waals surface area contributed by atoms with Crippen LogP contribution in [0.1, 0.15) is 37.8 Å². The Morgan fingerprint density at radius 1 is 0.897 bits per heavy atom. The number of carboxylic acids is 2. The lowest BCUT2D eigenvalue weighted by molar-refractivity contribution is -0.143. The molecular formula is C23H29NO5.